The van der Waals surface area contributed by atoms with Crippen molar-refractivity contribution >= 4 is 11.5 Å². The number of benzene rings is 1. The van der Waals surface area contributed by atoms with Gasteiger partial charge in [0.05, 0.1) is 11.8 Å². The molecule has 1 aliphatic heterocycles. The van der Waals surface area contributed by atoms with Crippen LogP contribution in [0.5, 0.6) is 0 Å². The van der Waals surface area contributed by atoms with Crippen molar-refractivity contribution in [3.05, 3.63) is 65.6 Å². The van der Waals surface area contributed by atoms with E-state index in [-0.39, 0.29) is 12.6 Å². The first-order valence-electron chi connectivity index (χ1n) is 5.86. The second kappa shape index (κ2) is 4.87. The fourth-order valence-corrected chi connectivity index (χ4v) is 1.84. The number of hydrogen-bond acceptors (Lipinski definition) is 3. The molecular weight excluding hydrogens is 240 g/mol. The molecule has 2 heterocycles. The summed E-state index contributed by atoms with van der Waals surface area (Å²) >= 11 is 0. The summed E-state index contributed by atoms with van der Waals surface area (Å²) in [6.45, 7) is 0.203. The van der Waals surface area contributed by atoms with Crippen molar-refractivity contribution in [3.8, 4) is 11.8 Å². The van der Waals surface area contributed by atoms with Gasteiger partial charge in [0, 0.05) is 5.56 Å². The average Bonchev–Trinajstić information content (AvgIpc) is 3.07. The Morgan fingerprint density at radius 1 is 1.00 bits per heavy atom. The molecule has 19 heavy (non-hydrogen) atoms. The summed E-state index contributed by atoms with van der Waals surface area (Å²) in [5.41, 5.74) is 1.98. The minimum absolute atomic E-state index is 0.203. The summed E-state index contributed by atoms with van der Waals surface area (Å²) in [5, 5.41) is 0. The van der Waals surface area contributed by atoms with E-state index < -0.39 is 0 Å². The molecule has 92 valence electrons. The molecule has 3 rings (SSSR count). The Hall–Kier alpha value is -2.73. The van der Waals surface area contributed by atoms with Gasteiger partial charge in [-0.15, -0.1) is 0 Å². The van der Waals surface area contributed by atoms with Gasteiger partial charge >= 0.3 is 5.97 Å². The fraction of sp³-hybridized carbons (Fsp3) is 0.0625. The average molecular weight is 250 g/mol. The van der Waals surface area contributed by atoms with Gasteiger partial charge in [-0.05, 0) is 24.3 Å². The minimum Gasteiger partial charge on any atom is -0.464 e. The highest BCUT2D eigenvalue weighted by Crippen LogP contribution is 2.26. The summed E-state index contributed by atoms with van der Waals surface area (Å²) in [4.78, 5) is 11.7. The maximum absolute atomic E-state index is 11.7. The van der Waals surface area contributed by atoms with Gasteiger partial charge in [0.25, 0.3) is 0 Å². The molecular formula is C16H10O3. The molecule has 0 spiro atoms. The number of cyclic esters (lactones) is 1. The first-order valence-corrected chi connectivity index (χ1v) is 5.86. The topological polar surface area (TPSA) is 39.4 Å². The zero-order valence-corrected chi connectivity index (χ0v) is 10.1. The molecule has 0 saturated heterocycles. The van der Waals surface area contributed by atoms with Crippen molar-refractivity contribution in [2.45, 2.75) is 0 Å². The van der Waals surface area contributed by atoms with E-state index in [1.54, 1.807) is 12.1 Å². The van der Waals surface area contributed by atoms with Crippen LogP contribution in [0.2, 0.25) is 0 Å². The van der Waals surface area contributed by atoms with Crippen molar-refractivity contribution in [3.63, 3.8) is 0 Å². The van der Waals surface area contributed by atoms with Gasteiger partial charge in [-0.3, -0.25) is 0 Å². The Morgan fingerprint density at radius 2 is 1.84 bits per heavy atom. The molecule has 2 aromatic rings. The van der Waals surface area contributed by atoms with E-state index in [0.717, 1.165) is 5.56 Å². The Labute approximate surface area is 110 Å². The van der Waals surface area contributed by atoms with Crippen LogP contribution in [-0.4, -0.2) is 12.6 Å². The van der Waals surface area contributed by atoms with Crippen LogP contribution in [-0.2, 0) is 9.53 Å². The van der Waals surface area contributed by atoms with Crippen LogP contribution in [0.4, 0.5) is 0 Å². The summed E-state index contributed by atoms with van der Waals surface area (Å²) < 4.78 is 10.3. The van der Waals surface area contributed by atoms with Crippen molar-refractivity contribution in [2.24, 2.45) is 0 Å². The smallest absolute Gasteiger partial charge is 0.343 e. The number of carbonyl (C=O) groups excluding carboxylic acids is 1. The van der Waals surface area contributed by atoms with Gasteiger partial charge in [-0.25, -0.2) is 4.79 Å². The lowest BCUT2D eigenvalue weighted by Gasteiger charge is -1.93. The quantitative estimate of drug-likeness (QED) is 0.577. The molecule has 0 atom stereocenters. The Kier molecular flexibility index (Phi) is 2.91. The molecule has 3 heteroatoms. The second-order valence-corrected chi connectivity index (χ2v) is 4.02. The van der Waals surface area contributed by atoms with E-state index in [1.165, 1.54) is 6.26 Å². The SMILES string of the molecule is O=C1OCC(C#Cc2ccccc2)=C1c1ccco1. The largest absolute Gasteiger partial charge is 0.464 e. The second-order valence-electron chi connectivity index (χ2n) is 4.02. The van der Waals surface area contributed by atoms with Crippen molar-refractivity contribution in [2.75, 3.05) is 6.61 Å². The van der Waals surface area contributed by atoms with E-state index in [0.29, 0.717) is 16.9 Å². The van der Waals surface area contributed by atoms with E-state index >= 15 is 0 Å². The lowest BCUT2D eigenvalue weighted by molar-refractivity contribution is -0.134. The number of esters is 1. The van der Waals surface area contributed by atoms with E-state index in [2.05, 4.69) is 11.8 Å². The molecule has 0 amide bonds. The third-order valence-electron chi connectivity index (χ3n) is 2.75. The lowest BCUT2D eigenvalue weighted by atomic mass is 10.1. The van der Waals surface area contributed by atoms with Crippen LogP contribution in [0.15, 0.2) is 58.7 Å². The Bertz CT molecular complexity index is 683. The van der Waals surface area contributed by atoms with E-state index in [4.69, 9.17) is 9.15 Å². The lowest BCUT2D eigenvalue weighted by Crippen LogP contribution is -1.97. The van der Waals surface area contributed by atoms with Crippen LogP contribution in [0.25, 0.3) is 5.57 Å². The van der Waals surface area contributed by atoms with Gasteiger partial charge in [-0.2, -0.15) is 0 Å². The number of ether oxygens (including phenoxy) is 1. The molecule has 0 saturated carbocycles. The number of furan rings is 1. The number of carbonyl (C=O) groups is 1. The van der Waals surface area contributed by atoms with E-state index in [9.17, 15) is 4.79 Å². The summed E-state index contributed by atoms with van der Waals surface area (Å²) in [6.07, 6.45) is 1.52. The van der Waals surface area contributed by atoms with Crippen LogP contribution < -0.4 is 0 Å². The highest BCUT2D eigenvalue weighted by Gasteiger charge is 2.27. The molecule has 0 aliphatic carbocycles. The fourth-order valence-electron chi connectivity index (χ4n) is 1.84. The van der Waals surface area contributed by atoms with Gasteiger partial charge in [0.15, 0.2) is 0 Å². The Morgan fingerprint density at radius 3 is 2.58 bits per heavy atom. The Balaban J connectivity index is 1.99. The molecule has 1 aromatic heterocycles. The predicted octanol–water partition coefficient (Wildman–Crippen LogP) is 2.64. The summed E-state index contributed by atoms with van der Waals surface area (Å²) in [6, 6.07) is 13.1. The third-order valence-corrected chi connectivity index (χ3v) is 2.75. The summed E-state index contributed by atoms with van der Waals surface area (Å²) in [7, 11) is 0. The first kappa shape index (κ1) is 11.4. The minimum atomic E-state index is -0.382. The van der Waals surface area contributed by atoms with Gasteiger partial charge < -0.3 is 9.15 Å². The highest BCUT2D eigenvalue weighted by atomic mass is 16.5. The molecule has 1 aliphatic rings. The zero-order valence-electron chi connectivity index (χ0n) is 10.1. The van der Waals surface area contributed by atoms with Crippen LogP contribution in [0, 0.1) is 11.8 Å². The van der Waals surface area contributed by atoms with Crippen LogP contribution >= 0.6 is 0 Å². The van der Waals surface area contributed by atoms with Crippen molar-refractivity contribution in [1.82, 2.24) is 0 Å². The maximum Gasteiger partial charge on any atom is 0.343 e. The van der Waals surface area contributed by atoms with Gasteiger partial charge in [0.1, 0.15) is 17.9 Å². The molecule has 0 radical (unpaired) electrons. The van der Waals surface area contributed by atoms with Gasteiger partial charge in [0.2, 0.25) is 0 Å². The zero-order chi connectivity index (χ0) is 13.1. The first-order chi connectivity index (χ1) is 9.34. The van der Waals surface area contributed by atoms with Crippen LogP contribution in [0.3, 0.4) is 0 Å². The standard InChI is InChI=1S/C16H10O3/c17-16-15(14-7-4-10-18-14)13(11-19-16)9-8-12-5-2-1-3-6-12/h1-7,10H,11H2. The maximum atomic E-state index is 11.7. The molecule has 0 bridgehead atoms. The van der Waals surface area contributed by atoms with Crippen LogP contribution in [0.1, 0.15) is 11.3 Å². The number of hydrogen-bond donors (Lipinski definition) is 0. The van der Waals surface area contributed by atoms with Crippen molar-refractivity contribution < 1.29 is 13.9 Å². The highest BCUT2D eigenvalue weighted by molar-refractivity contribution is 6.19. The molecule has 0 fully saturated rings. The predicted molar refractivity (Wildman–Crippen MR) is 69.9 cm³/mol. The molecule has 0 unspecified atom stereocenters. The molecule has 1 aromatic carbocycles. The normalized spacial score (nSPS) is 14.0. The summed E-state index contributed by atoms with van der Waals surface area (Å²) in [5.74, 6) is 6.13. The van der Waals surface area contributed by atoms with E-state index in [1.807, 2.05) is 30.3 Å². The molecule has 0 N–H and O–H groups in total. The van der Waals surface area contributed by atoms with Crippen molar-refractivity contribution in [1.29, 1.82) is 0 Å². The number of rotatable bonds is 1. The van der Waals surface area contributed by atoms with Gasteiger partial charge in [-0.1, -0.05) is 30.0 Å². The third kappa shape index (κ3) is 2.29. The molecule has 3 nitrogen and oxygen atoms in total. The monoisotopic (exact) mass is 250 g/mol.